The van der Waals surface area contributed by atoms with Crippen LogP contribution in [0.25, 0.3) is 0 Å². The van der Waals surface area contributed by atoms with Gasteiger partial charge in [0, 0.05) is 18.8 Å². The van der Waals surface area contributed by atoms with Gasteiger partial charge in [0.15, 0.2) is 5.72 Å². The summed E-state index contributed by atoms with van der Waals surface area (Å²) in [5, 5.41) is 28.9. The fourth-order valence-electron chi connectivity index (χ4n) is 2.20. The number of nitrogens with zero attached hydrogens (tertiary/aromatic N) is 1. The molecule has 1 saturated heterocycles. The molecule has 19 heavy (non-hydrogen) atoms. The molecule has 4 atom stereocenters. The minimum Gasteiger partial charge on any atom is -0.394 e. The van der Waals surface area contributed by atoms with Gasteiger partial charge >= 0.3 is 5.69 Å². The van der Waals surface area contributed by atoms with E-state index < -0.39 is 41.9 Å². The monoisotopic (exact) mass is 273 g/mol. The van der Waals surface area contributed by atoms with E-state index in [0.717, 1.165) is 16.8 Å². The first-order valence-electron chi connectivity index (χ1n) is 5.63. The van der Waals surface area contributed by atoms with E-state index in [1.807, 2.05) is 4.98 Å². The third-order valence-electron chi connectivity index (χ3n) is 3.23. The number of nitrogens with one attached hydrogen (secondary N) is 1. The van der Waals surface area contributed by atoms with Crippen LogP contribution in [-0.4, -0.2) is 56.3 Å². The molecule has 0 spiro atoms. The van der Waals surface area contributed by atoms with Gasteiger partial charge in [-0.2, -0.15) is 0 Å². The van der Waals surface area contributed by atoms with Crippen molar-refractivity contribution < 1.29 is 20.1 Å². The van der Waals surface area contributed by atoms with Crippen LogP contribution in [0.2, 0.25) is 0 Å². The zero-order valence-corrected chi connectivity index (χ0v) is 9.89. The first kappa shape index (κ1) is 13.9. The molecule has 106 valence electrons. The maximum Gasteiger partial charge on any atom is 0.330 e. The smallest absolute Gasteiger partial charge is 0.330 e. The van der Waals surface area contributed by atoms with Crippen LogP contribution in [0.15, 0.2) is 21.9 Å². The van der Waals surface area contributed by atoms with Crippen LogP contribution in [0.4, 0.5) is 0 Å². The zero-order valence-electron chi connectivity index (χ0n) is 9.89. The van der Waals surface area contributed by atoms with Gasteiger partial charge in [-0.05, 0) is 0 Å². The minimum atomic E-state index is -1.73. The highest BCUT2D eigenvalue weighted by molar-refractivity contribution is 5.02. The Labute approximate surface area is 106 Å². The minimum absolute atomic E-state index is 0.326. The Morgan fingerprint density at radius 3 is 2.63 bits per heavy atom. The molecule has 1 aromatic heterocycles. The lowest BCUT2D eigenvalue weighted by molar-refractivity contribution is -0.143. The number of hydrogen-bond donors (Lipinski definition) is 5. The Morgan fingerprint density at radius 2 is 2.16 bits per heavy atom. The van der Waals surface area contributed by atoms with E-state index in [2.05, 4.69) is 0 Å². The predicted octanol–water partition coefficient (Wildman–Crippen LogP) is -3.74. The summed E-state index contributed by atoms with van der Waals surface area (Å²) in [6.07, 6.45) is -2.87. The van der Waals surface area contributed by atoms with Crippen molar-refractivity contribution in [3.05, 3.63) is 33.1 Å². The number of rotatable bonds is 3. The molecule has 2 heterocycles. The van der Waals surface area contributed by atoms with Gasteiger partial charge < -0.3 is 25.8 Å². The fraction of sp³-hybridized carbons (Fsp3) is 0.600. The summed E-state index contributed by atoms with van der Waals surface area (Å²) in [6, 6.07) is 1.06. The lowest BCUT2D eigenvalue weighted by Gasteiger charge is -2.32. The Bertz CT molecular complexity index is 569. The average molecular weight is 273 g/mol. The molecule has 0 unspecified atom stereocenters. The second-order valence-corrected chi connectivity index (χ2v) is 4.30. The van der Waals surface area contributed by atoms with Crippen molar-refractivity contribution in [1.82, 2.24) is 9.55 Å². The van der Waals surface area contributed by atoms with Gasteiger partial charge in [0.2, 0.25) is 0 Å². The van der Waals surface area contributed by atoms with Crippen LogP contribution in [0.1, 0.15) is 0 Å². The highest BCUT2D eigenvalue weighted by atomic mass is 16.6. The van der Waals surface area contributed by atoms with Crippen LogP contribution < -0.4 is 17.0 Å². The van der Waals surface area contributed by atoms with Crippen LogP contribution >= 0.6 is 0 Å². The Kier molecular flexibility index (Phi) is 3.56. The van der Waals surface area contributed by atoms with Gasteiger partial charge in [-0.25, -0.2) is 4.79 Å². The van der Waals surface area contributed by atoms with E-state index >= 15 is 0 Å². The zero-order chi connectivity index (χ0) is 14.2. The molecular weight excluding hydrogens is 258 g/mol. The van der Waals surface area contributed by atoms with Gasteiger partial charge in [-0.1, -0.05) is 0 Å². The van der Waals surface area contributed by atoms with Crippen LogP contribution in [-0.2, 0) is 10.5 Å². The highest BCUT2D eigenvalue weighted by Crippen LogP contribution is 2.33. The van der Waals surface area contributed by atoms with E-state index in [9.17, 15) is 19.8 Å². The topological polar surface area (TPSA) is 151 Å². The Balaban J connectivity index is 2.55. The van der Waals surface area contributed by atoms with Gasteiger partial charge in [-0.3, -0.25) is 14.3 Å². The second kappa shape index (κ2) is 4.87. The summed E-state index contributed by atoms with van der Waals surface area (Å²) in [6.45, 7) is -0.869. The second-order valence-electron chi connectivity index (χ2n) is 4.30. The summed E-state index contributed by atoms with van der Waals surface area (Å²) in [4.78, 5) is 24.8. The van der Waals surface area contributed by atoms with E-state index in [1.165, 1.54) is 0 Å². The third kappa shape index (κ3) is 2.01. The predicted molar refractivity (Wildman–Crippen MR) is 62.3 cm³/mol. The standard InChI is InChI=1S/C10H15N3O6/c11-4-10(8(17)7(16)5(3-14)19-10)13-2-1-6(15)12-9(13)18/h1-2,5,7-8,14,16-17H,3-4,11H2,(H,12,15,18)/t5-,7-,8-,10-/m1/s1. The van der Waals surface area contributed by atoms with Crippen molar-refractivity contribution in [2.24, 2.45) is 5.73 Å². The molecule has 2 rings (SSSR count). The van der Waals surface area contributed by atoms with Crippen molar-refractivity contribution in [3.63, 3.8) is 0 Å². The summed E-state index contributed by atoms with van der Waals surface area (Å²) in [5.74, 6) is 0. The van der Waals surface area contributed by atoms with Gasteiger partial charge in [0.05, 0.1) is 6.61 Å². The van der Waals surface area contributed by atoms with Gasteiger partial charge in [0.1, 0.15) is 18.3 Å². The molecule has 0 radical (unpaired) electrons. The molecule has 0 saturated carbocycles. The number of nitrogens with two attached hydrogens (primary N) is 1. The maximum absolute atomic E-state index is 11.8. The number of ether oxygens (including phenoxy) is 1. The molecule has 1 aliphatic heterocycles. The molecule has 9 heteroatoms. The number of aromatic nitrogens is 2. The highest BCUT2D eigenvalue weighted by Gasteiger charge is 2.55. The normalized spacial score (nSPS) is 34.6. The molecule has 1 aromatic rings. The van der Waals surface area contributed by atoms with Crippen molar-refractivity contribution in [2.75, 3.05) is 13.2 Å². The van der Waals surface area contributed by atoms with Crippen molar-refractivity contribution in [1.29, 1.82) is 0 Å². The molecule has 0 amide bonds. The first-order chi connectivity index (χ1) is 8.96. The molecule has 0 aliphatic carbocycles. The SMILES string of the molecule is NC[C@@]1(n2ccc(=O)[nH]c2=O)O[C@H](CO)[C@@H](O)[C@H]1O. The summed E-state index contributed by atoms with van der Waals surface area (Å²) in [7, 11) is 0. The van der Waals surface area contributed by atoms with Crippen molar-refractivity contribution in [3.8, 4) is 0 Å². The Morgan fingerprint density at radius 1 is 1.47 bits per heavy atom. The Hall–Kier alpha value is -1.52. The van der Waals surface area contributed by atoms with Crippen LogP contribution in [0.3, 0.4) is 0 Å². The number of aliphatic hydroxyl groups is 3. The summed E-state index contributed by atoms with van der Waals surface area (Å²) in [5.41, 5.74) is 2.38. The molecule has 9 nitrogen and oxygen atoms in total. The van der Waals surface area contributed by atoms with E-state index in [1.54, 1.807) is 0 Å². The molecule has 1 fully saturated rings. The molecular formula is C10H15N3O6. The van der Waals surface area contributed by atoms with Crippen LogP contribution in [0.5, 0.6) is 0 Å². The number of hydrogen-bond acceptors (Lipinski definition) is 7. The lowest BCUT2D eigenvalue weighted by atomic mass is 10.0. The third-order valence-corrected chi connectivity index (χ3v) is 3.23. The largest absolute Gasteiger partial charge is 0.394 e. The van der Waals surface area contributed by atoms with Gasteiger partial charge in [-0.15, -0.1) is 0 Å². The fourth-order valence-corrected chi connectivity index (χ4v) is 2.20. The number of H-pyrrole nitrogens is 1. The van der Waals surface area contributed by atoms with Crippen LogP contribution in [0, 0.1) is 0 Å². The van der Waals surface area contributed by atoms with Gasteiger partial charge in [0.25, 0.3) is 5.56 Å². The van der Waals surface area contributed by atoms with Crippen molar-refractivity contribution >= 4 is 0 Å². The van der Waals surface area contributed by atoms with E-state index in [0.29, 0.717) is 0 Å². The van der Waals surface area contributed by atoms with Crippen molar-refractivity contribution in [2.45, 2.75) is 24.0 Å². The molecule has 0 aromatic carbocycles. The first-order valence-corrected chi connectivity index (χ1v) is 5.63. The maximum atomic E-state index is 11.8. The quantitative estimate of drug-likeness (QED) is 0.379. The van der Waals surface area contributed by atoms with E-state index in [4.69, 9.17) is 15.6 Å². The number of aliphatic hydroxyl groups excluding tert-OH is 3. The number of aromatic amines is 1. The van der Waals surface area contributed by atoms with E-state index in [-0.39, 0.29) is 6.54 Å². The summed E-state index contributed by atoms with van der Waals surface area (Å²) < 4.78 is 6.25. The molecule has 1 aliphatic rings. The molecule has 6 N–H and O–H groups in total. The average Bonchev–Trinajstić information content (AvgIpc) is 2.64. The molecule has 0 bridgehead atoms. The summed E-state index contributed by atoms with van der Waals surface area (Å²) >= 11 is 0. The lowest BCUT2D eigenvalue weighted by Crippen LogP contribution is -2.55.